The molecule has 0 saturated heterocycles. The van der Waals surface area contributed by atoms with Gasteiger partial charge in [-0.15, -0.1) is 0 Å². The minimum atomic E-state index is -1.05. The Morgan fingerprint density at radius 1 is 2.00 bits per heavy atom. The van der Waals surface area contributed by atoms with Crippen molar-refractivity contribution in [2.45, 2.75) is 6.23 Å². The molecule has 1 unspecified atom stereocenters. The highest BCUT2D eigenvalue weighted by atomic mass is 16.7. The van der Waals surface area contributed by atoms with Crippen molar-refractivity contribution in [2.75, 3.05) is 6.54 Å². The first kappa shape index (κ1) is 6.03. The summed E-state index contributed by atoms with van der Waals surface area (Å²) in [6, 6.07) is 0. The fraction of sp³-hybridized carbons (Fsp3) is 0.500. The van der Waals surface area contributed by atoms with E-state index in [4.69, 9.17) is 5.11 Å². The molecule has 0 spiro atoms. The molecular weight excluding hydrogens is 124 g/mol. The van der Waals surface area contributed by atoms with Crippen LogP contribution in [0.3, 0.4) is 0 Å². The number of aliphatic carboxylic acids is 1. The minimum absolute atomic E-state index is 0.441. The van der Waals surface area contributed by atoms with Crippen LogP contribution in [0, 0.1) is 0 Å². The summed E-state index contributed by atoms with van der Waals surface area (Å²) in [6.45, 7) is 0.441. The zero-order valence-corrected chi connectivity index (χ0v) is 4.57. The van der Waals surface area contributed by atoms with E-state index in [1.807, 2.05) is 0 Å². The quantitative estimate of drug-likeness (QED) is 0.477. The Bertz CT molecular complexity index is 145. The first-order valence-electron chi connectivity index (χ1n) is 2.44. The van der Waals surface area contributed by atoms with E-state index < -0.39 is 12.2 Å². The van der Waals surface area contributed by atoms with Gasteiger partial charge in [0, 0.05) is 6.54 Å². The van der Waals surface area contributed by atoms with E-state index in [9.17, 15) is 4.79 Å². The molecule has 0 saturated carbocycles. The van der Waals surface area contributed by atoms with Gasteiger partial charge in [-0.2, -0.15) is 0 Å². The zero-order chi connectivity index (χ0) is 6.69. The van der Waals surface area contributed by atoms with Gasteiger partial charge in [-0.3, -0.25) is 5.32 Å². The molecule has 5 heteroatoms. The van der Waals surface area contributed by atoms with Crippen LogP contribution in [0.1, 0.15) is 0 Å². The van der Waals surface area contributed by atoms with Gasteiger partial charge in [-0.05, 0) is 0 Å². The van der Waals surface area contributed by atoms with Crippen LogP contribution < -0.4 is 5.32 Å². The van der Waals surface area contributed by atoms with Gasteiger partial charge in [-0.1, -0.05) is 5.16 Å². The van der Waals surface area contributed by atoms with Gasteiger partial charge in [0.25, 0.3) is 6.23 Å². The summed E-state index contributed by atoms with van der Waals surface area (Å²) in [7, 11) is 0. The van der Waals surface area contributed by atoms with E-state index >= 15 is 0 Å². The lowest BCUT2D eigenvalue weighted by atomic mass is 10.5. The Morgan fingerprint density at radius 2 is 2.78 bits per heavy atom. The average molecular weight is 130 g/mol. The molecule has 1 aliphatic rings. The SMILES string of the molecule is O=C(O)C1NCC=NO1. The van der Waals surface area contributed by atoms with Gasteiger partial charge in [-0.25, -0.2) is 4.79 Å². The van der Waals surface area contributed by atoms with Crippen LogP contribution in [0.4, 0.5) is 0 Å². The summed E-state index contributed by atoms with van der Waals surface area (Å²) in [4.78, 5) is 14.5. The predicted molar refractivity (Wildman–Crippen MR) is 29.0 cm³/mol. The van der Waals surface area contributed by atoms with Gasteiger partial charge in [0.2, 0.25) is 0 Å². The van der Waals surface area contributed by atoms with Gasteiger partial charge < -0.3 is 9.94 Å². The first-order chi connectivity index (χ1) is 4.30. The number of carboxylic acids is 1. The first-order valence-corrected chi connectivity index (χ1v) is 2.44. The molecule has 1 rings (SSSR count). The summed E-state index contributed by atoms with van der Waals surface area (Å²) >= 11 is 0. The maximum atomic E-state index is 10.1. The summed E-state index contributed by atoms with van der Waals surface area (Å²) < 4.78 is 0. The van der Waals surface area contributed by atoms with Crippen molar-refractivity contribution >= 4 is 12.2 Å². The molecule has 50 valence electrons. The van der Waals surface area contributed by atoms with E-state index in [1.165, 1.54) is 6.21 Å². The molecule has 0 aromatic rings. The van der Waals surface area contributed by atoms with E-state index in [0.717, 1.165) is 0 Å². The fourth-order valence-corrected chi connectivity index (χ4v) is 0.471. The Labute approximate surface area is 51.3 Å². The smallest absolute Gasteiger partial charge is 0.363 e. The summed E-state index contributed by atoms with van der Waals surface area (Å²) in [5, 5.41) is 14.1. The average Bonchev–Trinajstić information content (AvgIpc) is 1.90. The van der Waals surface area contributed by atoms with Crippen molar-refractivity contribution in [1.82, 2.24) is 5.32 Å². The van der Waals surface area contributed by atoms with Crippen LogP contribution in [-0.2, 0) is 9.63 Å². The number of carbonyl (C=O) groups is 1. The van der Waals surface area contributed by atoms with Crippen molar-refractivity contribution in [3.05, 3.63) is 0 Å². The molecule has 5 nitrogen and oxygen atoms in total. The monoisotopic (exact) mass is 130 g/mol. The van der Waals surface area contributed by atoms with Gasteiger partial charge in [0.05, 0.1) is 6.21 Å². The number of hydrogen-bond acceptors (Lipinski definition) is 4. The Balaban J connectivity index is 2.44. The summed E-state index contributed by atoms with van der Waals surface area (Å²) in [5.41, 5.74) is 0. The third kappa shape index (κ3) is 1.39. The highest BCUT2D eigenvalue weighted by Gasteiger charge is 2.18. The second-order valence-electron chi connectivity index (χ2n) is 1.52. The lowest BCUT2D eigenvalue weighted by molar-refractivity contribution is -0.153. The fourth-order valence-electron chi connectivity index (χ4n) is 0.471. The normalized spacial score (nSPS) is 25.1. The van der Waals surface area contributed by atoms with E-state index in [0.29, 0.717) is 6.54 Å². The van der Waals surface area contributed by atoms with Crippen LogP contribution in [0.5, 0.6) is 0 Å². The number of oxime groups is 1. The van der Waals surface area contributed by atoms with Crippen LogP contribution in [0.2, 0.25) is 0 Å². The maximum Gasteiger partial charge on any atom is 0.363 e. The summed E-state index contributed by atoms with van der Waals surface area (Å²) in [6.07, 6.45) is 0.481. The van der Waals surface area contributed by atoms with Crippen molar-refractivity contribution < 1.29 is 14.7 Å². The molecule has 0 aromatic carbocycles. The minimum Gasteiger partial charge on any atom is -0.477 e. The molecule has 0 radical (unpaired) electrons. The molecule has 0 aromatic heterocycles. The standard InChI is InChI=1S/C4H6N2O3/c7-4(8)3-5-1-2-6-9-3/h2-3,5H,1H2,(H,7,8). The molecule has 9 heavy (non-hydrogen) atoms. The number of carboxylic acid groups (broad SMARTS) is 1. The van der Waals surface area contributed by atoms with Crippen molar-refractivity contribution in [1.29, 1.82) is 0 Å². The van der Waals surface area contributed by atoms with Gasteiger partial charge in [0.1, 0.15) is 0 Å². The van der Waals surface area contributed by atoms with E-state index in [2.05, 4.69) is 15.3 Å². The van der Waals surface area contributed by atoms with Gasteiger partial charge in [0.15, 0.2) is 0 Å². The summed E-state index contributed by atoms with van der Waals surface area (Å²) in [5.74, 6) is -1.05. The molecule has 1 heterocycles. The van der Waals surface area contributed by atoms with Crippen molar-refractivity contribution in [2.24, 2.45) is 5.16 Å². The lowest BCUT2D eigenvalue weighted by Gasteiger charge is -2.13. The topological polar surface area (TPSA) is 70.9 Å². The van der Waals surface area contributed by atoms with Crippen LogP contribution in [0.25, 0.3) is 0 Å². The molecule has 0 aliphatic carbocycles. The molecule has 2 N–H and O–H groups in total. The molecule has 0 fully saturated rings. The molecule has 0 amide bonds. The second kappa shape index (κ2) is 2.45. The lowest BCUT2D eigenvalue weighted by Crippen LogP contribution is -2.41. The van der Waals surface area contributed by atoms with Crippen LogP contribution >= 0.6 is 0 Å². The number of nitrogens with one attached hydrogen (secondary N) is 1. The van der Waals surface area contributed by atoms with E-state index in [-0.39, 0.29) is 0 Å². The second-order valence-corrected chi connectivity index (χ2v) is 1.52. The van der Waals surface area contributed by atoms with E-state index in [1.54, 1.807) is 0 Å². The highest BCUT2D eigenvalue weighted by molar-refractivity contribution is 5.73. The molecule has 1 atom stereocenters. The molecule has 1 aliphatic heterocycles. The van der Waals surface area contributed by atoms with Crippen molar-refractivity contribution in [3.8, 4) is 0 Å². The van der Waals surface area contributed by atoms with Crippen LogP contribution in [0.15, 0.2) is 5.16 Å². The molecular formula is C4H6N2O3. The van der Waals surface area contributed by atoms with Crippen LogP contribution in [-0.4, -0.2) is 30.1 Å². The van der Waals surface area contributed by atoms with Crippen molar-refractivity contribution in [3.63, 3.8) is 0 Å². The largest absolute Gasteiger partial charge is 0.477 e. The predicted octanol–water partition coefficient (Wildman–Crippen LogP) is -0.997. The Kier molecular flexibility index (Phi) is 1.64. The van der Waals surface area contributed by atoms with Gasteiger partial charge >= 0.3 is 5.97 Å². The highest BCUT2D eigenvalue weighted by Crippen LogP contribution is 1.90. The number of hydrogen-bond donors (Lipinski definition) is 2. The number of nitrogens with zero attached hydrogens (tertiary/aromatic N) is 1. The Hall–Kier alpha value is -1.10. The third-order valence-electron chi connectivity index (χ3n) is 0.860. The Morgan fingerprint density at radius 3 is 3.11 bits per heavy atom. The number of rotatable bonds is 1. The zero-order valence-electron chi connectivity index (χ0n) is 4.57. The third-order valence-corrected chi connectivity index (χ3v) is 0.860. The maximum absolute atomic E-state index is 10.1. The molecule has 0 bridgehead atoms.